The highest BCUT2D eigenvalue weighted by molar-refractivity contribution is 5.72. The number of methoxy groups -OCH3 is 1. The Bertz CT molecular complexity index is 246. The van der Waals surface area contributed by atoms with Crippen LogP contribution in [0.3, 0.4) is 0 Å². The molecule has 0 spiro atoms. The van der Waals surface area contributed by atoms with Crippen molar-refractivity contribution in [1.29, 1.82) is 0 Å². The van der Waals surface area contributed by atoms with E-state index in [0.717, 1.165) is 32.5 Å². The van der Waals surface area contributed by atoms with E-state index in [1.807, 2.05) is 0 Å². The summed E-state index contributed by atoms with van der Waals surface area (Å²) in [5.41, 5.74) is 0. The smallest absolute Gasteiger partial charge is 0.310 e. The van der Waals surface area contributed by atoms with Gasteiger partial charge in [0.2, 0.25) is 0 Å². The number of nitrogens with zero attached hydrogens (tertiary/aromatic N) is 1. The van der Waals surface area contributed by atoms with Crippen LogP contribution in [-0.4, -0.2) is 49.7 Å². The number of likely N-dealkylation sites (N-methyl/N-ethyl adjacent to an activating group) is 1. The molecule has 1 fully saturated rings. The number of carbonyl (C=O) groups excluding carboxylic acids is 1. The quantitative estimate of drug-likeness (QED) is 0.737. The van der Waals surface area contributed by atoms with Crippen LogP contribution in [0.15, 0.2) is 0 Å². The van der Waals surface area contributed by atoms with E-state index >= 15 is 0 Å². The Morgan fingerprint density at radius 2 is 2.18 bits per heavy atom. The second-order valence-electron chi connectivity index (χ2n) is 4.92. The van der Waals surface area contributed by atoms with E-state index < -0.39 is 0 Å². The van der Waals surface area contributed by atoms with Crippen molar-refractivity contribution in [2.45, 2.75) is 45.7 Å². The average molecular weight is 242 g/mol. The van der Waals surface area contributed by atoms with Gasteiger partial charge in [0.25, 0.3) is 0 Å². The van der Waals surface area contributed by atoms with E-state index in [4.69, 9.17) is 4.74 Å². The lowest BCUT2D eigenvalue weighted by molar-refractivity contribution is -0.148. The summed E-state index contributed by atoms with van der Waals surface area (Å²) < 4.78 is 4.88. The summed E-state index contributed by atoms with van der Waals surface area (Å²) in [7, 11) is 1.48. The van der Waals surface area contributed by atoms with Gasteiger partial charge in [0.1, 0.15) is 0 Å². The Kier molecular flexibility index (Phi) is 5.92. The number of nitrogens with one attached hydrogen (secondary N) is 1. The highest BCUT2D eigenvalue weighted by Gasteiger charge is 2.33. The molecule has 17 heavy (non-hydrogen) atoms. The molecule has 1 aliphatic rings. The number of ether oxygens (including phenoxy) is 1. The third-order valence-electron chi connectivity index (χ3n) is 3.72. The minimum absolute atomic E-state index is 0.0202. The number of piperidine rings is 1. The number of rotatable bonds is 5. The molecule has 1 aliphatic heterocycles. The van der Waals surface area contributed by atoms with Crippen molar-refractivity contribution in [3.05, 3.63) is 0 Å². The van der Waals surface area contributed by atoms with Crippen molar-refractivity contribution in [2.24, 2.45) is 5.92 Å². The Labute approximate surface area is 105 Å². The van der Waals surface area contributed by atoms with E-state index in [1.165, 1.54) is 7.11 Å². The Morgan fingerprint density at radius 1 is 1.47 bits per heavy atom. The van der Waals surface area contributed by atoms with Crippen LogP contribution >= 0.6 is 0 Å². The van der Waals surface area contributed by atoms with Crippen molar-refractivity contribution < 1.29 is 9.53 Å². The van der Waals surface area contributed by atoms with E-state index in [2.05, 4.69) is 31.0 Å². The van der Waals surface area contributed by atoms with Gasteiger partial charge in [-0.3, -0.25) is 9.69 Å². The highest BCUT2D eigenvalue weighted by Crippen LogP contribution is 2.21. The first-order valence-electron chi connectivity index (χ1n) is 6.67. The second-order valence-corrected chi connectivity index (χ2v) is 4.92. The largest absolute Gasteiger partial charge is 0.469 e. The summed E-state index contributed by atoms with van der Waals surface area (Å²) in [4.78, 5) is 14.1. The molecule has 0 saturated carbocycles. The first-order valence-corrected chi connectivity index (χ1v) is 6.67. The van der Waals surface area contributed by atoms with Crippen molar-refractivity contribution in [3.63, 3.8) is 0 Å². The van der Waals surface area contributed by atoms with Gasteiger partial charge in [-0.25, -0.2) is 0 Å². The number of carbonyl (C=O) groups is 1. The summed E-state index contributed by atoms with van der Waals surface area (Å²) in [5, 5.41) is 3.45. The Morgan fingerprint density at radius 3 is 2.71 bits per heavy atom. The van der Waals surface area contributed by atoms with Crippen LogP contribution in [0.2, 0.25) is 0 Å². The van der Waals surface area contributed by atoms with Crippen LogP contribution in [0.5, 0.6) is 0 Å². The maximum absolute atomic E-state index is 11.7. The summed E-state index contributed by atoms with van der Waals surface area (Å²) >= 11 is 0. The molecule has 0 aromatic heterocycles. The summed E-state index contributed by atoms with van der Waals surface area (Å²) in [6, 6.07) is 0.940. The minimum atomic E-state index is -0.0686. The van der Waals surface area contributed by atoms with Gasteiger partial charge in [-0.1, -0.05) is 13.8 Å². The van der Waals surface area contributed by atoms with Crippen molar-refractivity contribution >= 4 is 5.97 Å². The number of likely N-dealkylation sites (tertiary alicyclic amines) is 1. The number of hydrogen-bond acceptors (Lipinski definition) is 4. The molecule has 0 aromatic rings. The minimum Gasteiger partial charge on any atom is -0.469 e. The molecule has 0 aliphatic carbocycles. The SMILES string of the molecule is CCNC1CC(C(=O)OC)CN(C(C)CC)C1. The van der Waals surface area contributed by atoms with Gasteiger partial charge in [-0.05, 0) is 26.3 Å². The van der Waals surface area contributed by atoms with Crippen molar-refractivity contribution in [2.75, 3.05) is 26.7 Å². The molecule has 1 rings (SSSR count). The van der Waals surface area contributed by atoms with Gasteiger partial charge < -0.3 is 10.1 Å². The molecule has 1 heterocycles. The fraction of sp³-hybridized carbons (Fsp3) is 0.923. The number of hydrogen-bond donors (Lipinski definition) is 1. The third-order valence-corrected chi connectivity index (χ3v) is 3.72. The van der Waals surface area contributed by atoms with Gasteiger partial charge in [0, 0.05) is 25.2 Å². The molecular formula is C13H26N2O2. The molecule has 1 saturated heterocycles. The van der Waals surface area contributed by atoms with Gasteiger partial charge >= 0.3 is 5.97 Å². The molecule has 0 amide bonds. The monoisotopic (exact) mass is 242 g/mol. The molecule has 0 bridgehead atoms. The second kappa shape index (κ2) is 6.97. The molecule has 0 aromatic carbocycles. The van der Waals surface area contributed by atoms with Crippen LogP contribution in [0, 0.1) is 5.92 Å². The van der Waals surface area contributed by atoms with Gasteiger partial charge in [0.05, 0.1) is 13.0 Å². The van der Waals surface area contributed by atoms with E-state index in [9.17, 15) is 4.79 Å². The lowest BCUT2D eigenvalue weighted by Crippen LogP contribution is -2.53. The molecule has 4 heteroatoms. The fourth-order valence-corrected chi connectivity index (χ4v) is 2.53. The zero-order valence-electron chi connectivity index (χ0n) is 11.5. The molecule has 1 N–H and O–H groups in total. The lowest BCUT2D eigenvalue weighted by Gasteiger charge is -2.40. The number of esters is 1. The summed E-state index contributed by atoms with van der Waals surface area (Å²) in [6.45, 7) is 9.35. The molecular weight excluding hydrogens is 216 g/mol. The maximum atomic E-state index is 11.7. The Hall–Kier alpha value is -0.610. The molecule has 3 atom stereocenters. The average Bonchev–Trinajstić information content (AvgIpc) is 2.36. The zero-order valence-corrected chi connectivity index (χ0v) is 11.5. The third kappa shape index (κ3) is 3.96. The van der Waals surface area contributed by atoms with Crippen LogP contribution in [0.1, 0.15) is 33.6 Å². The van der Waals surface area contributed by atoms with Crippen LogP contribution in [-0.2, 0) is 9.53 Å². The zero-order chi connectivity index (χ0) is 12.8. The van der Waals surface area contributed by atoms with Crippen molar-refractivity contribution in [1.82, 2.24) is 10.2 Å². The molecule has 0 radical (unpaired) electrons. The van der Waals surface area contributed by atoms with E-state index in [1.54, 1.807) is 0 Å². The standard InChI is InChI=1S/C13H26N2O2/c1-5-10(3)15-8-11(13(16)17-4)7-12(9-15)14-6-2/h10-12,14H,5-9H2,1-4H3. The topological polar surface area (TPSA) is 41.6 Å². The molecule has 3 unspecified atom stereocenters. The van der Waals surface area contributed by atoms with Crippen LogP contribution in [0.25, 0.3) is 0 Å². The van der Waals surface area contributed by atoms with Gasteiger partial charge in [-0.2, -0.15) is 0 Å². The first-order chi connectivity index (χ1) is 8.12. The van der Waals surface area contributed by atoms with E-state index in [-0.39, 0.29) is 11.9 Å². The summed E-state index contributed by atoms with van der Waals surface area (Å²) in [6.07, 6.45) is 2.01. The molecule has 4 nitrogen and oxygen atoms in total. The lowest BCUT2D eigenvalue weighted by atomic mass is 9.93. The highest BCUT2D eigenvalue weighted by atomic mass is 16.5. The predicted molar refractivity (Wildman–Crippen MR) is 68.9 cm³/mol. The van der Waals surface area contributed by atoms with Crippen molar-refractivity contribution in [3.8, 4) is 0 Å². The van der Waals surface area contributed by atoms with Crippen LogP contribution < -0.4 is 5.32 Å². The fourth-order valence-electron chi connectivity index (χ4n) is 2.53. The van der Waals surface area contributed by atoms with Crippen LogP contribution in [0.4, 0.5) is 0 Å². The predicted octanol–water partition coefficient (Wildman–Crippen LogP) is 1.26. The molecule has 100 valence electrons. The summed E-state index contributed by atoms with van der Waals surface area (Å²) in [5.74, 6) is -0.0484. The first kappa shape index (κ1) is 14.5. The maximum Gasteiger partial charge on any atom is 0.310 e. The normalized spacial score (nSPS) is 27.8. The van der Waals surface area contributed by atoms with E-state index in [0.29, 0.717) is 12.1 Å². The Balaban J connectivity index is 2.65. The van der Waals surface area contributed by atoms with Gasteiger partial charge in [-0.15, -0.1) is 0 Å². The van der Waals surface area contributed by atoms with Gasteiger partial charge in [0.15, 0.2) is 0 Å².